The fourth-order valence-electron chi connectivity index (χ4n) is 2.98. The van der Waals surface area contributed by atoms with E-state index in [0.717, 1.165) is 45.2 Å². The molecule has 6 heteroatoms. The van der Waals surface area contributed by atoms with Gasteiger partial charge in [-0.25, -0.2) is 13.1 Å². The molecule has 2 aliphatic rings. The first kappa shape index (κ1) is 14.6. The molecule has 0 bridgehead atoms. The Labute approximate surface area is 115 Å². The first-order valence-corrected chi connectivity index (χ1v) is 9.78. The molecule has 0 spiro atoms. The molecule has 2 N–H and O–H groups in total. The molecule has 0 radical (unpaired) electrons. The molecule has 2 unspecified atom stereocenters. The Morgan fingerprint density at radius 2 is 1.94 bits per heavy atom. The molecule has 0 aromatic rings. The van der Waals surface area contributed by atoms with Gasteiger partial charge in [0.05, 0.1) is 5.75 Å². The lowest BCUT2D eigenvalue weighted by molar-refractivity contribution is 0.399. The number of piperidine rings is 1. The molecule has 2 rings (SSSR count). The SMILES string of the molecule is CSC1CCCC1NS(=O)(=O)CC1CCNCC1. The number of hydrogen-bond donors (Lipinski definition) is 2. The van der Waals surface area contributed by atoms with Crippen LogP contribution in [0, 0.1) is 5.92 Å². The molecule has 0 aromatic carbocycles. The molecule has 1 aliphatic carbocycles. The minimum atomic E-state index is -3.10. The second-order valence-electron chi connectivity index (χ2n) is 5.40. The zero-order valence-corrected chi connectivity index (χ0v) is 12.7. The van der Waals surface area contributed by atoms with E-state index in [4.69, 9.17) is 0 Å². The van der Waals surface area contributed by atoms with E-state index in [1.165, 1.54) is 0 Å². The maximum Gasteiger partial charge on any atom is 0.212 e. The van der Waals surface area contributed by atoms with Crippen molar-refractivity contribution < 1.29 is 8.42 Å². The van der Waals surface area contributed by atoms with E-state index in [1.807, 2.05) is 0 Å². The highest BCUT2D eigenvalue weighted by molar-refractivity contribution is 7.99. The monoisotopic (exact) mass is 292 g/mol. The van der Waals surface area contributed by atoms with Gasteiger partial charge in [-0.15, -0.1) is 0 Å². The molecular formula is C12H24N2O2S2. The first-order chi connectivity index (χ1) is 8.61. The zero-order chi connectivity index (χ0) is 13.0. The molecule has 106 valence electrons. The number of rotatable bonds is 5. The highest BCUT2D eigenvalue weighted by Gasteiger charge is 2.31. The van der Waals surface area contributed by atoms with E-state index >= 15 is 0 Å². The predicted octanol–water partition coefficient (Wildman–Crippen LogP) is 1.19. The summed E-state index contributed by atoms with van der Waals surface area (Å²) in [6.07, 6.45) is 7.32. The van der Waals surface area contributed by atoms with Crippen LogP contribution >= 0.6 is 11.8 Å². The van der Waals surface area contributed by atoms with Gasteiger partial charge in [-0.3, -0.25) is 0 Å². The van der Waals surface area contributed by atoms with Crippen LogP contribution in [-0.4, -0.2) is 44.8 Å². The topological polar surface area (TPSA) is 58.2 Å². The minimum absolute atomic E-state index is 0.159. The van der Waals surface area contributed by atoms with E-state index < -0.39 is 10.0 Å². The van der Waals surface area contributed by atoms with Crippen molar-refractivity contribution in [1.29, 1.82) is 0 Å². The van der Waals surface area contributed by atoms with Gasteiger partial charge in [0.1, 0.15) is 0 Å². The van der Waals surface area contributed by atoms with Crippen molar-refractivity contribution >= 4 is 21.8 Å². The smallest absolute Gasteiger partial charge is 0.212 e. The van der Waals surface area contributed by atoms with E-state index in [0.29, 0.717) is 16.9 Å². The van der Waals surface area contributed by atoms with Gasteiger partial charge >= 0.3 is 0 Å². The number of nitrogens with one attached hydrogen (secondary N) is 2. The van der Waals surface area contributed by atoms with Crippen LogP contribution in [0.2, 0.25) is 0 Å². The highest BCUT2D eigenvalue weighted by atomic mass is 32.2. The second kappa shape index (κ2) is 6.59. The van der Waals surface area contributed by atoms with Crippen molar-refractivity contribution in [3.63, 3.8) is 0 Å². The molecular weight excluding hydrogens is 268 g/mol. The fourth-order valence-corrected chi connectivity index (χ4v) is 5.80. The number of hydrogen-bond acceptors (Lipinski definition) is 4. The molecule has 4 nitrogen and oxygen atoms in total. The molecule has 1 saturated heterocycles. The average Bonchev–Trinajstić information content (AvgIpc) is 2.76. The van der Waals surface area contributed by atoms with Crippen molar-refractivity contribution in [2.45, 2.75) is 43.4 Å². The van der Waals surface area contributed by atoms with Crippen molar-refractivity contribution in [2.24, 2.45) is 5.92 Å². The summed E-state index contributed by atoms with van der Waals surface area (Å²) < 4.78 is 27.3. The van der Waals surface area contributed by atoms with E-state index in [1.54, 1.807) is 11.8 Å². The lowest BCUT2D eigenvalue weighted by Crippen LogP contribution is -2.42. The van der Waals surface area contributed by atoms with E-state index in [-0.39, 0.29) is 6.04 Å². The van der Waals surface area contributed by atoms with Crippen molar-refractivity contribution in [2.75, 3.05) is 25.1 Å². The summed E-state index contributed by atoms with van der Waals surface area (Å²) >= 11 is 1.79. The van der Waals surface area contributed by atoms with Crippen molar-refractivity contribution in [1.82, 2.24) is 10.0 Å². The van der Waals surface area contributed by atoms with Crippen LogP contribution in [0.15, 0.2) is 0 Å². The largest absolute Gasteiger partial charge is 0.317 e. The van der Waals surface area contributed by atoms with Gasteiger partial charge in [0.2, 0.25) is 10.0 Å². The van der Waals surface area contributed by atoms with Crippen molar-refractivity contribution in [3.8, 4) is 0 Å². The second-order valence-corrected chi connectivity index (χ2v) is 8.28. The summed E-state index contributed by atoms with van der Waals surface area (Å²) in [4.78, 5) is 0. The third-order valence-electron chi connectivity index (χ3n) is 4.00. The van der Waals surface area contributed by atoms with Gasteiger partial charge in [-0.2, -0.15) is 11.8 Å². The van der Waals surface area contributed by atoms with Crippen LogP contribution < -0.4 is 10.0 Å². The van der Waals surface area contributed by atoms with Gasteiger partial charge in [0.15, 0.2) is 0 Å². The molecule has 1 aliphatic heterocycles. The number of sulfonamides is 1. The van der Waals surface area contributed by atoms with Crippen LogP contribution in [0.1, 0.15) is 32.1 Å². The molecule has 1 heterocycles. The van der Waals surface area contributed by atoms with Crippen LogP contribution in [0.25, 0.3) is 0 Å². The third kappa shape index (κ3) is 4.11. The Kier molecular flexibility index (Phi) is 5.35. The summed E-state index contributed by atoms with van der Waals surface area (Å²) in [5.41, 5.74) is 0. The summed E-state index contributed by atoms with van der Waals surface area (Å²) in [5.74, 6) is 0.643. The van der Waals surface area contributed by atoms with E-state index in [2.05, 4.69) is 16.3 Å². The zero-order valence-electron chi connectivity index (χ0n) is 11.0. The Morgan fingerprint density at radius 1 is 1.22 bits per heavy atom. The molecule has 2 fully saturated rings. The Hall–Kier alpha value is 0.220. The quantitative estimate of drug-likeness (QED) is 0.799. The Balaban J connectivity index is 1.86. The maximum atomic E-state index is 12.2. The molecule has 0 aromatic heterocycles. The summed E-state index contributed by atoms with van der Waals surface area (Å²) in [5, 5.41) is 3.74. The van der Waals surface area contributed by atoms with Crippen molar-refractivity contribution in [3.05, 3.63) is 0 Å². The molecule has 1 saturated carbocycles. The normalized spacial score (nSPS) is 30.7. The standard InChI is InChI=1S/C12H24N2O2S2/c1-17-12-4-2-3-11(12)14-18(15,16)9-10-5-7-13-8-6-10/h10-14H,2-9H2,1H3. The third-order valence-corrected chi connectivity index (χ3v) is 6.74. The molecule has 18 heavy (non-hydrogen) atoms. The summed E-state index contributed by atoms with van der Waals surface area (Å²) in [7, 11) is -3.10. The van der Waals surface area contributed by atoms with Gasteiger partial charge in [-0.05, 0) is 50.9 Å². The van der Waals surface area contributed by atoms with Crippen LogP contribution in [0.3, 0.4) is 0 Å². The predicted molar refractivity (Wildman–Crippen MR) is 77.5 cm³/mol. The van der Waals surface area contributed by atoms with Crippen LogP contribution in [0.4, 0.5) is 0 Å². The number of thioether (sulfide) groups is 1. The fraction of sp³-hybridized carbons (Fsp3) is 1.00. The summed E-state index contributed by atoms with van der Waals surface area (Å²) in [6.45, 7) is 1.91. The lowest BCUT2D eigenvalue weighted by atomic mass is 10.0. The highest BCUT2D eigenvalue weighted by Crippen LogP contribution is 2.29. The molecule has 2 atom stereocenters. The van der Waals surface area contributed by atoms with Crippen LogP contribution in [-0.2, 0) is 10.0 Å². The lowest BCUT2D eigenvalue weighted by Gasteiger charge is -2.24. The maximum absolute atomic E-state index is 12.2. The molecule has 0 amide bonds. The van der Waals surface area contributed by atoms with Gasteiger partial charge < -0.3 is 5.32 Å². The van der Waals surface area contributed by atoms with Gasteiger partial charge in [0, 0.05) is 11.3 Å². The minimum Gasteiger partial charge on any atom is -0.317 e. The van der Waals surface area contributed by atoms with Gasteiger partial charge in [0.25, 0.3) is 0 Å². The van der Waals surface area contributed by atoms with Crippen LogP contribution in [0.5, 0.6) is 0 Å². The van der Waals surface area contributed by atoms with E-state index in [9.17, 15) is 8.42 Å². The summed E-state index contributed by atoms with van der Waals surface area (Å²) in [6, 6.07) is 0.159. The Morgan fingerprint density at radius 3 is 2.61 bits per heavy atom. The average molecular weight is 292 g/mol. The first-order valence-electron chi connectivity index (χ1n) is 6.84. The van der Waals surface area contributed by atoms with Gasteiger partial charge in [-0.1, -0.05) is 6.42 Å². The Bertz CT molecular complexity index is 353.